The Morgan fingerprint density at radius 3 is 2.42 bits per heavy atom. The lowest BCUT2D eigenvalue weighted by molar-refractivity contribution is -0.143. The summed E-state index contributed by atoms with van der Waals surface area (Å²) in [5, 5.41) is 33.8. The SMILES string of the molecule is Cn1cc2c(C(=O)NC(C)(C)C(=O)O)c3cc(Cc4ccc(F)cc4)cnc3c(O)c2c1O. The van der Waals surface area contributed by atoms with E-state index in [2.05, 4.69) is 10.3 Å². The number of halogens is 1. The number of aromatic hydroxyl groups is 2. The van der Waals surface area contributed by atoms with Crippen LogP contribution in [0.2, 0.25) is 0 Å². The third-order valence-electron chi connectivity index (χ3n) is 5.60. The summed E-state index contributed by atoms with van der Waals surface area (Å²) in [6.07, 6.45) is 3.41. The van der Waals surface area contributed by atoms with Crippen molar-refractivity contribution in [3.05, 3.63) is 65.2 Å². The molecule has 170 valence electrons. The summed E-state index contributed by atoms with van der Waals surface area (Å²) >= 11 is 0. The van der Waals surface area contributed by atoms with E-state index in [0.29, 0.717) is 17.4 Å². The van der Waals surface area contributed by atoms with Crippen LogP contribution in [0.4, 0.5) is 4.39 Å². The number of phenolic OH excluding ortho intramolecular Hbond substituents is 1. The van der Waals surface area contributed by atoms with Gasteiger partial charge in [-0.2, -0.15) is 0 Å². The van der Waals surface area contributed by atoms with Crippen molar-refractivity contribution in [1.29, 1.82) is 0 Å². The van der Waals surface area contributed by atoms with Gasteiger partial charge in [0.25, 0.3) is 5.91 Å². The topological polar surface area (TPSA) is 125 Å². The molecule has 0 saturated heterocycles. The highest BCUT2D eigenvalue weighted by atomic mass is 19.1. The molecule has 9 heteroatoms. The number of phenols is 1. The van der Waals surface area contributed by atoms with Gasteiger partial charge in [0.05, 0.1) is 10.9 Å². The fourth-order valence-corrected chi connectivity index (χ4v) is 3.77. The van der Waals surface area contributed by atoms with Gasteiger partial charge in [-0.3, -0.25) is 9.78 Å². The summed E-state index contributed by atoms with van der Waals surface area (Å²) in [4.78, 5) is 29.2. The molecule has 4 N–H and O–H groups in total. The summed E-state index contributed by atoms with van der Waals surface area (Å²) in [7, 11) is 1.55. The normalized spacial score (nSPS) is 11.8. The average Bonchev–Trinajstić information content (AvgIpc) is 3.03. The number of aryl methyl sites for hydroxylation is 1. The molecule has 0 unspecified atom stereocenters. The third kappa shape index (κ3) is 3.82. The summed E-state index contributed by atoms with van der Waals surface area (Å²) < 4.78 is 14.6. The standard InChI is InChI=1S/C24H22FN3O5/c1-24(2,23(32)33)27-21(30)17-15-9-13(8-12-4-6-14(25)7-5-12)10-26-19(15)20(29)18-16(17)11-28(3)22(18)31/h4-7,9-11,29,31H,8H2,1-3H3,(H,27,30)(H,32,33). The molecule has 0 aliphatic heterocycles. The van der Waals surface area contributed by atoms with Crippen molar-refractivity contribution >= 4 is 33.6 Å². The monoisotopic (exact) mass is 451 g/mol. The predicted octanol–water partition coefficient (Wildman–Crippen LogP) is 3.46. The number of nitrogens with zero attached hydrogens (tertiary/aromatic N) is 2. The first-order valence-electron chi connectivity index (χ1n) is 10.1. The van der Waals surface area contributed by atoms with Crippen LogP contribution in [0.5, 0.6) is 11.6 Å². The first kappa shape index (κ1) is 22.1. The fraction of sp³-hybridized carbons (Fsp3) is 0.208. The van der Waals surface area contributed by atoms with Gasteiger partial charge in [-0.05, 0) is 49.6 Å². The molecular formula is C24H22FN3O5. The van der Waals surface area contributed by atoms with Gasteiger partial charge in [0.1, 0.15) is 16.9 Å². The molecular weight excluding hydrogens is 429 g/mol. The molecule has 33 heavy (non-hydrogen) atoms. The number of aliphatic carboxylic acids is 1. The van der Waals surface area contributed by atoms with Crippen molar-refractivity contribution in [2.24, 2.45) is 7.05 Å². The maximum Gasteiger partial charge on any atom is 0.328 e. The van der Waals surface area contributed by atoms with Crippen LogP contribution in [0.25, 0.3) is 21.7 Å². The van der Waals surface area contributed by atoms with Crippen molar-refractivity contribution in [2.75, 3.05) is 0 Å². The quantitative estimate of drug-likeness (QED) is 0.368. The number of carbonyl (C=O) groups is 2. The lowest BCUT2D eigenvalue weighted by atomic mass is 9.96. The van der Waals surface area contributed by atoms with Crippen LogP contribution >= 0.6 is 0 Å². The highest BCUT2D eigenvalue weighted by Crippen LogP contribution is 2.42. The van der Waals surface area contributed by atoms with Crippen molar-refractivity contribution in [3.8, 4) is 11.6 Å². The Balaban J connectivity index is 1.95. The van der Waals surface area contributed by atoms with Gasteiger partial charge in [-0.25, -0.2) is 9.18 Å². The number of carbonyl (C=O) groups excluding carboxylic acids is 1. The molecule has 4 rings (SSSR count). The summed E-state index contributed by atoms with van der Waals surface area (Å²) in [6, 6.07) is 7.64. The van der Waals surface area contributed by atoms with E-state index in [-0.39, 0.29) is 39.3 Å². The Hall–Kier alpha value is -4.14. The molecule has 0 atom stereocenters. The van der Waals surface area contributed by atoms with Crippen LogP contribution in [-0.2, 0) is 18.3 Å². The van der Waals surface area contributed by atoms with E-state index in [1.54, 1.807) is 25.2 Å². The van der Waals surface area contributed by atoms with Gasteiger partial charge in [-0.15, -0.1) is 0 Å². The molecule has 0 aliphatic carbocycles. The minimum atomic E-state index is -1.57. The lowest BCUT2D eigenvalue weighted by Crippen LogP contribution is -2.49. The maximum atomic E-state index is 13.3. The highest BCUT2D eigenvalue weighted by molar-refractivity contribution is 6.21. The minimum Gasteiger partial charge on any atom is -0.505 e. The molecule has 0 saturated carbocycles. The number of benzene rings is 2. The van der Waals surface area contributed by atoms with Crippen LogP contribution in [0.15, 0.2) is 42.7 Å². The minimum absolute atomic E-state index is 0.0436. The van der Waals surface area contributed by atoms with E-state index in [4.69, 9.17) is 0 Å². The van der Waals surface area contributed by atoms with Crippen LogP contribution in [-0.4, -0.2) is 42.3 Å². The van der Waals surface area contributed by atoms with E-state index in [9.17, 15) is 29.3 Å². The summed E-state index contributed by atoms with van der Waals surface area (Å²) in [5.41, 5.74) is 0.114. The molecule has 0 radical (unpaired) electrons. The molecule has 0 spiro atoms. The number of aromatic nitrogens is 2. The number of hydrogen-bond donors (Lipinski definition) is 4. The molecule has 2 heterocycles. The van der Waals surface area contributed by atoms with Gasteiger partial charge in [0.15, 0.2) is 5.75 Å². The van der Waals surface area contributed by atoms with Crippen LogP contribution in [0, 0.1) is 5.82 Å². The maximum absolute atomic E-state index is 13.3. The van der Waals surface area contributed by atoms with Gasteiger partial charge in [-0.1, -0.05) is 12.1 Å². The van der Waals surface area contributed by atoms with Crippen molar-refractivity contribution in [2.45, 2.75) is 25.8 Å². The second-order valence-electron chi connectivity index (χ2n) is 8.50. The number of carboxylic acid groups (broad SMARTS) is 1. The molecule has 4 aromatic rings. The fourth-order valence-electron chi connectivity index (χ4n) is 3.77. The Labute approximate surface area is 187 Å². The molecule has 0 aliphatic rings. The Kier molecular flexibility index (Phi) is 5.20. The number of hydrogen-bond acceptors (Lipinski definition) is 5. The number of carboxylic acids is 1. The zero-order valence-electron chi connectivity index (χ0n) is 18.2. The molecule has 2 aromatic heterocycles. The second kappa shape index (κ2) is 7.77. The summed E-state index contributed by atoms with van der Waals surface area (Å²) in [6.45, 7) is 2.71. The van der Waals surface area contributed by atoms with Gasteiger partial charge >= 0.3 is 5.97 Å². The largest absolute Gasteiger partial charge is 0.505 e. The lowest BCUT2D eigenvalue weighted by Gasteiger charge is -2.22. The number of pyridine rings is 1. The predicted molar refractivity (Wildman–Crippen MR) is 120 cm³/mol. The van der Waals surface area contributed by atoms with Gasteiger partial charge in [0.2, 0.25) is 5.88 Å². The molecule has 1 amide bonds. The highest BCUT2D eigenvalue weighted by Gasteiger charge is 2.32. The van der Waals surface area contributed by atoms with E-state index in [1.165, 1.54) is 42.9 Å². The van der Waals surface area contributed by atoms with Crippen LogP contribution in [0.1, 0.15) is 35.3 Å². The Morgan fingerprint density at radius 2 is 1.79 bits per heavy atom. The molecule has 0 bridgehead atoms. The number of nitrogens with one attached hydrogen (secondary N) is 1. The van der Waals surface area contributed by atoms with Crippen LogP contribution < -0.4 is 5.32 Å². The second-order valence-corrected chi connectivity index (χ2v) is 8.50. The first-order chi connectivity index (χ1) is 15.5. The Morgan fingerprint density at radius 1 is 1.12 bits per heavy atom. The zero-order valence-corrected chi connectivity index (χ0v) is 18.2. The van der Waals surface area contributed by atoms with Gasteiger partial charge < -0.3 is 25.2 Å². The van der Waals surface area contributed by atoms with Crippen LogP contribution in [0.3, 0.4) is 0 Å². The zero-order chi connectivity index (χ0) is 24.1. The van der Waals surface area contributed by atoms with E-state index in [1.807, 2.05) is 0 Å². The average molecular weight is 451 g/mol. The number of amides is 1. The van der Waals surface area contributed by atoms with E-state index < -0.39 is 17.4 Å². The third-order valence-corrected chi connectivity index (χ3v) is 5.60. The Bertz CT molecular complexity index is 1420. The molecule has 8 nitrogen and oxygen atoms in total. The molecule has 0 fully saturated rings. The molecule has 2 aromatic carbocycles. The van der Waals surface area contributed by atoms with Crippen molar-refractivity contribution in [3.63, 3.8) is 0 Å². The first-order valence-corrected chi connectivity index (χ1v) is 10.1. The van der Waals surface area contributed by atoms with Crippen molar-refractivity contribution in [1.82, 2.24) is 14.9 Å². The summed E-state index contributed by atoms with van der Waals surface area (Å²) in [5.74, 6) is -2.81. The number of fused-ring (bicyclic) bond motifs is 2. The smallest absolute Gasteiger partial charge is 0.328 e. The van der Waals surface area contributed by atoms with Crippen molar-refractivity contribution < 1.29 is 29.3 Å². The number of rotatable bonds is 5. The van der Waals surface area contributed by atoms with E-state index in [0.717, 1.165) is 5.56 Å². The van der Waals surface area contributed by atoms with Gasteiger partial charge in [0, 0.05) is 30.2 Å². The van der Waals surface area contributed by atoms with E-state index >= 15 is 0 Å².